The van der Waals surface area contributed by atoms with Crippen LogP contribution in [0.2, 0.25) is 0 Å². The van der Waals surface area contributed by atoms with Gasteiger partial charge in [-0.1, -0.05) is 13.8 Å². The predicted molar refractivity (Wildman–Crippen MR) is 64.3 cm³/mol. The highest BCUT2D eigenvalue weighted by Crippen LogP contribution is 2.48. The van der Waals surface area contributed by atoms with E-state index in [-0.39, 0.29) is 11.3 Å². The summed E-state index contributed by atoms with van der Waals surface area (Å²) >= 11 is 0. The number of carbonyl (C=O) groups is 1. The van der Waals surface area contributed by atoms with Crippen molar-refractivity contribution in [2.24, 2.45) is 5.41 Å². The van der Waals surface area contributed by atoms with Crippen molar-refractivity contribution in [2.75, 3.05) is 20.7 Å². The summed E-state index contributed by atoms with van der Waals surface area (Å²) in [7, 11) is 3.44. The van der Waals surface area contributed by atoms with E-state index in [0.29, 0.717) is 18.7 Å². The lowest BCUT2D eigenvalue weighted by Gasteiger charge is -2.55. The topological polar surface area (TPSA) is 50.4 Å². The van der Waals surface area contributed by atoms with Crippen LogP contribution in [0.3, 0.4) is 0 Å². The molecule has 2 unspecified atom stereocenters. The molecule has 2 atom stereocenters. The third-order valence-electron chi connectivity index (χ3n) is 4.17. The van der Waals surface area contributed by atoms with Gasteiger partial charge in [0, 0.05) is 25.6 Å². The molecule has 4 nitrogen and oxygen atoms in total. The molecule has 4 heteroatoms. The Hall–Kier alpha value is -0.610. The van der Waals surface area contributed by atoms with E-state index < -0.39 is 0 Å². The second-order valence-corrected chi connectivity index (χ2v) is 4.51. The van der Waals surface area contributed by atoms with E-state index in [1.807, 2.05) is 0 Å². The number of hydrogen-bond acceptors (Lipinski definition) is 3. The molecule has 0 saturated heterocycles. The Bertz CT molecular complexity index is 239. The fraction of sp³-hybridized carbons (Fsp3) is 0.917. The van der Waals surface area contributed by atoms with Crippen molar-refractivity contribution in [3.63, 3.8) is 0 Å². The van der Waals surface area contributed by atoms with Crippen molar-refractivity contribution in [1.29, 1.82) is 0 Å². The fourth-order valence-corrected chi connectivity index (χ4v) is 2.87. The standard InChI is InChI=1S/C12H24N2O2/c1-5-12(6-2)9(7-10(12)16-4)14-8-11(15)13-3/h9-10,14H,5-8H2,1-4H3,(H,13,15). The molecule has 1 amide bonds. The maximum atomic E-state index is 11.2. The number of nitrogens with one attached hydrogen (secondary N) is 2. The Morgan fingerprint density at radius 1 is 1.44 bits per heavy atom. The highest BCUT2D eigenvalue weighted by Gasteiger charge is 2.52. The van der Waals surface area contributed by atoms with Gasteiger partial charge in [-0.05, 0) is 19.3 Å². The molecule has 2 N–H and O–H groups in total. The van der Waals surface area contributed by atoms with Crippen molar-refractivity contribution in [3.8, 4) is 0 Å². The first-order valence-electron chi connectivity index (χ1n) is 6.11. The van der Waals surface area contributed by atoms with E-state index in [9.17, 15) is 4.79 Å². The Balaban J connectivity index is 2.52. The maximum Gasteiger partial charge on any atom is 0.233 e. The molecule has 0 radical (unpaired) electrons. The summed E-state index contributed by atoms with van der Waals surface area (Å²) in [6, 6.07) is 0.407. The van der Waals surface area contributed by atoms with E-state index in [0.717, 1.165) is 19.3 Å². The average Bonchev–Trinajstić information content (AvgIpc) is 2.29. The largest absolute Gasteiger partial charge is 0.381 e. The van der Waals surface area contributed by atoms with Crippen molar-refractivity contribution < 1.29 is 9.53 Å². The number of likely N-dealkylation sites (N-methyl/N-ethyl adjacent to an activating group) is 1. The van der Waals surface area contributed by atoms with Crippen LogP contribution in [0.25, 0.3) is 0 Å². The first kappa shape index (κ1) is 13.5. The lowest BCUT2D eigenvalue weighted by molar-refractivity contribution is -0.130. The minimum atomic E-state index is 0.0435. The molecular formula is C12H24N2O2. The molecular weight excluding hydrogens is 204 g/mol. The van der Waals surface area contributed by atoms with Crippen LogP contribution in [-0.2, 0) is 9.53 Å². The normalized spacial score (nSPS) is 27.2. The van der Waals surface area contributed by atoms with E-state index in [4.69, 9.17) is 4.74 Å². The zero-order chi connectivity index (χ0) is 12.2. The van der Waals surface area contributed by atoms with E-state index in [1.54, 1.807) is 14.2 Å². The van der Waals surface area contributed by atoms with Crippen LogP contribution < -0.4 is 10.6 Å². The summed E-state index contributed by atoms with van der Waals surface area (Å²) < 4.78 is 5.51. The SMILES string of the molecule is CCC1(CC)C(NCC(=O)NC)CC1OC. The molecule has 0 spiro atoms. The molecule has 0 aromatic rings. The zero-order valence-corrected chi connectivity index (χ0v) is 10.8. The van der Waals surface area contributed by atoms with Crippen molar-refractivity contribution in [2.45, 2.75) is 45.3 Å². The highest BCUT2D eigenvalue weighted by atomic mass is 16.5. The van der Waals surface area contributed by atoms with Gasteiger partial charge in [-0.2, -0.15) is 0 Å². The zero-order valence-electron chi connectivity index (χ0n) is 10.8. The number of carbonyl (C=O) groups excluding carboxylic acids is 1. The van der Waals surface area contributed by atoms with Crippen LogP contribution in [0.1, 0.15) is 33.1 Å². The third-order valence-corrected chi connectivity index (χ3v) is 4.17. The molecule has 1 rings (SSSR count). The Morgan fingerprint density at radius 2 is 2.06 bits per heavy atom. The van der Waals surface area contributed by atoms with Gasteiger partial charge in [0.05, 0.1) is 12.6 Å². The van der Waals surface area contributed by atoms with Gasteiger partial charge in [-0.25, -0.2) is 0 Å². The number of rotatable bonds is 6. The van der Waals surface area contributed by atoms with Crippen molar-refractivity contribution in [1.82, 2.24) is 10.6 Å². The second kappa shape index (κ2) is 5.64. The van der Waals surface area contributed by atoms with Gasteiger partial charge < -0.3 is 15.4 Å². The summed E-state index contributed by atoms with van der Waals surface area (Å²) in [6.45, 7) is 4.80. The number of hydrogen-bond donors (Lipinski definition) is 2. The third kappa shape index (κ3) is 2.23. The summed E-state index contributed by atoms with van der Waals surface area (Å²) in [4.78, 5) is 11.2. The van der Waals surface area contributed by atoms with E-state index >= 15 is 0 Å². The number of methoxy groups -OCH3 is 1. The van der Waals surface area contributed by atoms with Gasteiger partial charge in [-0.15, -0.1) is 0 Å². The van der Waals surface area contributed by atoms with E-state index in [2.05, 4.69) is 24.5 Å². The van der Waals surface area contributed by atoms with Gasteiger partial charge in [0.1, 0.15) is 0 Å². The fourth-order valence-electron chi connectivity index (χ4n) is 2.87. The lowest BCUT2D eigenvalue weighted by Crippen LogP contribution is -2.64. The van der Waals surface area contributed by atoms with E-state index in [1.165, 1.54) is 0 Å². The van der Waals surface area contributed by atoms with Gasteiger partial charge >= 0.3 is 0 Å². The van der Waals surface area contributed by atoms with Crippen LogP contribution in [0.15, 0.2) is 0 Å². The van der Waals surface area contributed by atoms with Gasteiger partial charge in [0.2, 0.25) is 5.91 Å². The smallest absolute Gasteiger partial charge is 0.233 e. The first-order valence-corrected chi connectivity index (χ1v) is 6.11. The van der Waals surface area contributed by atoms with Crippen molar-refractivity contribution >= 4 is 5.91 Å². The van der Waals surface area contributed by atoms with Gasteiger partial charge in [0.25, 0.3) is 0 Å². The van der Waals surface area contributed by atoms with Gasteiger partial charge in [-0.3, -0.25) is 4.79 Å². The van der Waals surface area contributed by atoms with Crippen molar-refractivity contribution in [3.05, 3.63) is 0 Å². The molecule has 0 bridgehead atoms. The van der Waals surface area contributed by atoms with Crippen LogP contribution in [0.4, 0.5) is 0 Å². The minimum Gasteiger partial charge on any atom is -0.381 e. The monoisotopic (exact) mass is 228 g/mol. The molecule has 0 aromatic carbocycles. The van der Waals surface area contributed by atoms with Crippen LogP contribution >= 0.6 is 0 Å². The van der Waals surface area contributed by atoms with Gasteiger partial charge in [0.15, 0.2) is 0 Å². The van der Waals surface area contributed by atoms with Crippen LogP contribution in [0, 0.1) is 5.41 Å². The quantitative estimate of drug-likeness (QED) is 0.710. The van der Waals surface area contributed by atoms with Crippen LogP contribution in [-0.4, -0.2) is 38.8 Å². The summed E-state index contributed by atoms with van der Waals surface area (Å²) in [5.41, 5.74) is 0.211. The molecule has 1 fully saturated rings. The molecule has 0 heterocycles. The molecule has 94 valence electrons. The second-order valence-electron chi connectivity index (χ2n) is 4.51. The molecule has 1 saturated carbocycles. The Labute approximate surface area is 98.1 Å². The minimum absolute atomic E-state index is 0.0435. The number of amides is 1. The number of ether oxygens (including phenoxy) is 1. The Morgan fingerprint density at radius 3 is 2.50 bits per heavy atom. The highest BCUT2D eigenvalue weighted by molar-refractivity contribution is 5.77. The summed E-state index contributed by atoms with van der Waals surface area (Å²) in [5, 5.41) is 5.96. The maximum absolute atomic E-state index is 11.2. The average molecular weight is 228 g/mol. The lowest BCUT2D eigenvalue weighted by atomic mass is 9.58. The summed E-state index contributed by atoms with van der Waals surface area (Å²) in [6.07, 6.45) is 3.53. The molecule has 1 aliphatic carbocycles. The molecule has 16 heavy (non-hydrogen) atoms. The molecule has 0 aliphatic heterocycles. The summed E-state index contributed by atoms with van der Waals surface area (Å²) in [5.74, 6) is 0.0435. The predicted octanol–water partition coefficient (Wildman–Crippen LogP) is 0.916. The first-order chi connectivity index (χ1) is 7.64. The molecule has 0 aromatic heterocycles. The Kier molecular flexibility index (Phi) is 4.74. The molecule has 1 aliphatic rings. The van der Waals surface area contributed by atoms with Crippen LogP contribution in [0.5, 0.6) is 0 Å².